The van der Waals surface area contributed by atoms with Crippen LogP contribution in [0, 0.1) is 11.2 Å². The lowest BCUT2D eigenvalue weighted by atomic mass is 9.79. The number of pyridine rings is 1. The highest BCUT2D eigenvalue weighted by molar-refractivity contribution is 5.97. The minimum Gasteiger partial charge on any atom is -0.477 e. The molecule has 1 aliphatic heterocycles. The quantitative estimate of drug-likeness (QED) is 0.495. The van der Waals surface area contributed by atoms with Crippen molar-refractivity contribution in [2.24, 2.45) is 12.5 Å². The number of hydrogen-bond acceptors (Lipinski definition) is 4. The summed E-state index contributed by atoms with van der Waals surface area (Å²) in [6.07, 6.45) is 3.45. The Balaban J connectivity index is 1.88. The molecule has 7 nitrogen and oxygen atoms in total. The van der Waals surface area contributed by atoms with Gasteiger partial charge in [-0.15, -0.1) is 0 Å². The van der Waals surface area contributed by atoms with Crippen molar-refractivity contribution in [2.45, 2.75) is 33.2 Å². The molecule has 0 amide bonds. The number of aromatic carboxylic acids is 1. The van der Waals surface area contributed by atoms with Crippen molar-refractivity contribution in [3.63, 3.8) is 0 Å². The smallest absolute Gasteiger partial charge is 0.341 e. The number of aromatic nitrogens is 3. The highest BCUT2D eigenvalue weighted by Gasteiger charge is 2.39. The Bertz CT molecular complexity index is 1470. The topological polar surface area (TPSA) is 90.3 Å². The number of carboxylic acid groups (broad SMARTS) is 1. The minimum atomic E-state index is -1.45. The summed E-state index contributed by atoms with van der Waals surface area (Å²) >= 11 is 0. The van der Waals surface area contributed by atoms with Gasteiger partial charge in [0.25, 0.3) is 0 Å². The molecule has 0 radical (unpaired) electrons. The summed E-state index contributed by atoms with van der Waals surface area (Å²) in [5.41, 5.74) is 0.962. The summed E-state index contributed by atoms with van der Waals surface area (Å²) in [5.74, 6) is -2.30. The third-order valence-electron chi connectivity index (χ3n) is 6.27. The molecule has 8 heteroatoms. The van der Waals surface area contributed by atoms with Gasteiger partial charge in [-0.25, -0.2) is 9.18 Å². The Kier molecular flexibility index (Phi) is 4.21. The number of nitrogens with zero attached hydrogens (tertiary/aromatic N) is 3. The fraction of sp³-hybridized carbons (Fsp3) is 0.292. The van der Waals surface area contributed by atoms with E-state index < -0.39 is 22.8 Å². The standard InChI is InChI=1S/C24H22FN3O4/c1-24(2,3)17-10-14-12-6-5-7-13(16-8-9-26-27(16)4)21(12)32-22(14)19-18(25)20(29)15(23(30)31)11-28(17)19/h5-9,11,17H,10H2,1-4H3,(H,30,31)/t17-/m0/s1. The van der Waals surface area contributed by atoms with Gasteiger partial charge in [0.1, 0.15) is 16.8 Å². The van der Waals surface area contributed by atoms with Gasteiger partial charge < -0.3 is 14.1 Å². The second-order valence-electron chi connectivity index (χ2n) is 9.26. The van der Waals surface area contributed by atoms with E-state index in [1.807, 2.05) is 52.1 Å². The maximum absolute atomic E-state index is 15.4. The van der Waals surface area contributed by atoms with Crippen LogP contribution in [0.25, 0.3) is 33.7 Å². The molecule has 164 valence electrons. The van der Waals surface area contributed by atoms with E-state index in [0.717, 1.165) is 22.2 Å². The molecular formula is C24H22FN3O4. The number of para-hydroxylation sites is 1. The van der Waals surface area contributed by atoms with Crippen LogP contribution in [0.2, 0.25) is 0 Å². The van der Waals surface area contributed by atoms with Crippen molar-refractivity contribution < 1.29 is 18.7 Å². The van der Waals surface area contributed by atoms with E-state index >= 15 is 4.39 Å². The van der Waals surface area contributed by atoms with Crippen molar-refractivity contribution in [1.29, 1.82) is 0 Å². The van der Waals surface area contributed by atoms with Crippen LogP contribution in [0.15, 0.2) is 45.9 Å². The first-order valence-corrected chi connectivity index (χ1v) is 10.3. The number of hydrogen-bond donors (Lipinski definition) is 1. The first-order chi connectivity index (χ1) is 15.1. The third-order valence-corrected chi connectivity index (χ3v) is 6.27. The predicted molar refractivity (Wildman–Crippen MR) is 117 cm³/mol. The molecule has 0 saturated carbocycles. The summed E-state index contributed by atoms with van der Waals surface area (Å²) in [4.78, 5) is 24.1. The zero-order valence-corrected chi connectivity index (χ0v) is 18.1. The first-order valence-electron chi connectivity index (χ1n) is 10.3. The predicted octanol–water partition coefficient (Wildman–Crippen LogP) is 4.64. The molecule has 0 bridgehead atoms. The van der Waals surface area contributed by atoms with Crippen molar-refractivity contribution in [2.75, 3.05) is 0 Å². The van der Waals surface area contributed by atoms with Crippen molar-refractivity contribution >= 4 is 16.9 Å². The number of carboxylic acids is 1. The molecule has 5 rings (SSSR count). The Labute approximate surface area is 182 Å². The molecule has 0 aliphatic carbocycles. The number of carbonyl (C=O) groups is 1. The Morgan fingerprint density at radius 2 is 2.03 bits per heavy atom. The van der Waals surface area contributed by atoms with E-state index in [0.29, 0.717) is 12.0 Å². The van der Waals surface area contributed by atoms with Gasteiger partial charge in [-0.3, -0.25) is 9.48 Å². The van der Waals surface area contributed by atoms with Crippen LogP contribution in [-0.2, 0) is 13.5 Å². The van der Waals surface area contributed by atoms with E-state index in [2.05, 4.69) is 5.10 Å². The monoisotopic (exact) mass is 435 g/mol. The van der Waals surface area contributed by atoms with Crippen LogP contribution < -0.4 is 5.43 Å². The van der Waals surface area contributed by atoms with Gasteiger partial charge in [-0.1, -0.05) is 32.9 Å². The lowest BCUT2D eigenvalue weighted by molar-refractivity contribution is 0.0692. The molecule has 0 saturated heterocycles. The average Bonchev–Trinajstić information content (AvgIpc) is 3.31. The highest BCUT2D eigenvalue weighted by Crippen LogP contribution is 2.48. The Morgan fingerprint density at radius 1 is 1.28 bits per heavy atom. The number of rotatable bonds is 2. The molecule has 32 heavy (non-hydrogen) atoms. The van der Waals surface area contributed by atoms with E-state index in [4.69, 9.17) is 4.42 Å². The second-order valence-corrected chi connectivity index (χ2v) is 9.26. The Hall–Kier alpha value is -3.68. The molecule has 1 aromatic carbocycles. The van der Waals surface area contributed by atoms with Gasteiger partial charge in [0, 0.05) is 42.0 Å². The van der Waals surface area contributed by atoms with Crippen LogP contribution in [0.3, 0.4) is 0 Å². The number of aryl methyl sites for hydroxylation is 1. The van der Waals surface area contributed by atoms with Crippen LogP contribution in [0.4, 0.5) is 4.39 Å². The molecule has 4 aromatic rings. The van der Waals surface area contributed by atoms with Gasteiger partial charge in [-0.05, 0) is 24.0 Å². The number of furan rings is 1. The molecule has 0 unspecified atom stereocenters. The largest absolute Gasteiger partial charge is 0.477 e. The molecule has 1 N–H and O–H groups in total. The molecule has 0 fully saturated rings. The Morgan fingerprint density at radius 3 is 2.66 bits per heavy atom. The van der Waals surface area contributed by atoms with E-state index in [-0.39, 0.29) is 22.9 Å². The SMILES string of the molecule is Cn1nccc1-c1cccc2c3c(oc12)-c1c(F)c(=O)c(C(=O)O)cn1[C@H](C(C)(C)C)C3. The number of benzene rings is 1. The zero-order chi connectivity index (χ0) is 22.9. The molecular weight excluding hydrogens is 413 g/mol. The number of halogens is 1. The maximum atomic E-state index is 15.4. The summed E-state index contributed by atoms with van der Waals surface area (Å²) in [6, 6.07) is 7.34. The lowest BCUT2D eigenvalue weighted by Crippen LogP contribution is -2.34. The van der Waals surface area contributed by atoms with Gasteiger partial charge in [0.2, 0.25) is 5.43 Å². The average molecular weight is 435 g/mol. The van der Waals surface area contributed by atoms with Gasteiger partial charge in [-0.2, -0.15) is 5.10 Å². The van der Waals surface area contributed by atoms with Crippen LogP contribution in [0.1, 0.15) is 42.7 Å². The summed E-state index contributed by atoms with van der Waals surface area (Å²) in [7, 11) is 1.83. The third kappa shape index (κ3) is 2.75. The second kappa shape index (κ2) is 6.66. The minimum absolute atomic E-state index is 0.00617. The van der Waals surface area contributed by atoms with Gasteiger partial charge in [0.05, 0.1) is 5.69 Å². The zero-order valence-electron chi connectivity index (χ0n) is 18.1. The molecule has 4 heterocycles. The molecule has 0 spiro atoms. The van der Waals surface area contributed by atoms with Crippen LogP contribution >= 0.6 is 0 Å². The normalized spacial score (nSPS) is 15.6. The van der Waals surface area contributed by atoms with E-state index in [1.165, 1.54) is 6.20 Å². The maximum Gasteiger partial charge on any atom is 0.341 e. The fourth-order valence-corrected chi connectivity index (χ4v) is 4.64. The lowest BCUT2D eigenvalue weighted by Gasteiger charge is -2.37. The van der Waals surface area contributed by atoms with Gasteiger partial charge >= 0.3 is 5.97 Å². The fourth-order valence-electron chi connectivity index (χ4n) is 4.64. The highest BCUT2D eigenvalue weighted by atomic mass is 19.1. The molecule has 1 aliphatic rings. The van der Waals surface area contributed by atoms with Crippen molar-refractivity contribution in [3.8, 4) is 22.7 Å². The van der Waals surface area contributed by atoms with E-state index in [1.54, 1.807) is 15.4 Å². The molecule has 1 atom stereocenters. The van der Waals surface area contributed by atoms with Crippen molar-refractivity contribution in [3.05, 3.63) is 63.8 Å². The summed E-state index contributed by atoms with van der Waals surface area (Å²) < 4.78 is 25.0. The van der Waals surface area contributed by atoms with Crippen molar-refractivity contribution in [1.82, 2.24) is 14.3 Å². The van der Waals surface area contributed by atoms with Gasteiger partial charge in [0.15, 0.2) is 11.6 Å². The van der Waals surface area contributed by atoms with Crippen LogP contribution in [-0.4, -0.2) is 25.4 Å². The first kappa shape index (κ1) is 20.2. The van der Waals surface area contributed by atoms with Crippen LogP contribution in [0.5, 0.6) is 0 Å². The molecule has 3 aromatic heterocycles. The summed E-state index contributed by atoms with van der Waals surface area (Å²) in [6.45, 7) is 6.02. The number of fused-ring (bicyclic) bond motifs is 5. The summed E-state index contributed by atoms with van der Waals surface area (Å²) in [5, 5.41) is 14.5. The van der Waals surface area contributed by atoms with E-state index in [9.17, 15) is 14.7 Å².